The van der Waals surface area contributed by atoms with Crippen molar-refractivity contribution in [2.75, 3.05) is 14.2 Å². The van der Waals surface area contributed by atoms with E-state index in [1.165, 1.54) is 25.1 Å². The van der Waals surface area contributed by atoms with E-state index in [1.807, 2.05) is 6.92 Å². The van der Waals surface area contributed by atoms with Gasteiger partial charge in [-0.1, -0.05) is 6.92 Å². The SMILES string of the molecule is CCC(NC(=O)Cn1cc([N+](=O)[O-])cn1)C(OC)OC. The van der Waals surface area contributed by atoms with E-state index in [9.17, 15) is 14.9 Å². The van der Waals surface area contributed by atoms with E-state index in [1.54, 1.807) is 0 Å². The molecule has 0 aliphatic rings. The summed E-state index contributed by atoms with van der Waals surface area (Å²) >= 11 is 0. The summed E-state index contributed by atoms with van der Waals surface area (Å²) in [6, 6.07) is -0.303. The minimum absolute atomic E-state index is 0.107. The number of ether oxygens (including phenoxy) is 2. The summed E-state index contributed by atoms with van der Waals surface area (Å²) in [5, 5.41) is 17.0. The first-order chi connectivity index (χ1) is 9.51. The van der Waals surface area contributed by atoms with Crippen LogP contribution in [0.4, 0.5) is 5.69 Å². The Labute approximate surface area is 116 Å². The van der Waals surface area contributed by atoms with Crippen molar-refractivity contribution < 1.29 is 19.2 Å². The summed E-state index contributed by atoms with van der Waals surface area (Å²) in [6.07, 6.45) is 2.37. The molecule has 0 saturated heterocycles. The summed E-state index contributed by atoms with van der Waals surface area (Å²) in [6.45, 7) is 1.78. The maximum absolute atomic E-state index is 11.8. The molecule has 1 atom stereocenters. The quantitative estimate of drug-likeness (QED) is 0.418. The van der Waals surface area contributed by atoms with Gasteiger partial charge in [0.1, 0.15) is 18.9 Å². The summed E-state index contributed by atoms with van der Waals surface area (Å²) < 4.78 is 11.4. The predicted octanol–water partition coefficient (Wildman–Crippen LogP) is 0.305. The molecule has 1 aromatic heterocycles. The molecular weight excluding hydrogens is 268 g/mol. The molecule has 0 spiro atoms. The lowest BCUT2D eigenvalue weighted by Crippen LogP contribution is -2.45. The number of carbonyl (C=O) groups is 1. The van der Waals surface area contributed by atoms with Gasteiger partial charge in [-0.3, -0.25) is 19.6 Å². The number of nitrogens with one attached hydrogen (secondary N) is 1. The van der Waals surface area contributed by atoms with Crippen LogP contribution in [0.3, 0.4) is 0 Å². The van der Waals surface area contributed by atoms with Gasteiger partial charge in [-0.25, -0.2) is 0 Å². The number of nitro groups is 1. The van der Waals surface area contributed by atoms with Gasteiger partial charge >= 0.3 is 5.69 Å². The van der Waals surface area contributed by atoms with Crippen LogP contribution in [0.1, 0.15) is 13.3 Å². The van der Waals surface area contributed by atoms with Crippen LogP contribution in [-0.2, 0) is 20.8 Å². The van der Waals surface area contributed by atoms with Crippen molar-refractivity contribution in [2.24, 2.45) is 0 Å². The lowest BCUT2D eigenvalue weighted by molar-refractivity contribution is -0.385. The molecule has 1 unspecified atom stereocenters. The Balaban J connectivity index is 2.59. The molecule has 9 nitrogen and oxygen atoms in total. The number of amides is 1. The first-order valence-corrected chi connectivity index (χ1v) is 6.03. The lowest BCUT2D eigenvalue weighted by Gasteiger charge is -2.24. The third-order valence-electron chi connectivity index (χ3n) is 2.72. The Morgan fingerprint density at radius 2 is 2.20 bits per heavy atom. The third-order valence-corrected chi connectivity index (χ3v) is 2.72. The van der Waals surface area contributed by atoms with E-state index in [0.717, 1.165) is 6.20 Å². The fourth-order valence-corrected chi connectivity index (χ4v) is 1.72. The van der Waals surface area contributed by atoms with Crippen LogP contribution in [0.5, 0.6) is 0 Å². The zero-order valence-electron chi connectivity index (χ0n) is 11.6. The Morgan fingerprint density at radius 3 is 2.65 bits per heavy atom. The maximum Gasteiger partial charge on any atom is 0.307 e. The second-order valence-corrected chi connectivity index (χ2v) is 4.08. The van der Waals surface area contributed by atoms with Crippen LogP contribution in [-0.4, -0.2) is 47.2 Å². The van der Waals surface area contributed by atoms with Crippen molar-refractivity contribution in [2.45, 2.75) is 32.2 Å². The van der Waals surface area contributed by atoms with Crippen LogP contribution < -0.4 is 5.32 Å². The van der Waals surface area contributed by atoms with E-state index in [0.29, 0.717) is 6.42 Å². The molecule has 1 amide bonds. The number of aromatic nitrogens is 2. The Bertz CT molecular complexity index is 457. The highest BCUT2D eigenvalue weighted by Crippen LogP contribution is 2.08. The molecule has 1 aromatic rings. The summed E-state index contributed by atoms with van der Waals surface area (Å²) in [5.74, 6) is -0.325. The van der Waals surface area contributed by atoms with Gasteiger partial charge in [0.25, 0.3) is 0 Å². The molecule has 0 aliphatic carbocycles. The molecule has 112 valence electrons. The fourth-order valence-electron chi connectivity index (χ4n) is 1.72. The monoisotopic (exact) mass is 286 g/mol. The van der Waals surface area contributed by atoms with Gasteiger partial charge in [0.05, 0.1) is 11.0 Å². The average molecular weight is 286 g/mol. The summed E-state index contributed by atoms with van der Waals surface area (Å²) in [7, 11) is 2.97. The molecule has 0 bridgehead atoms. The molecule has 1 rings (SSSR count). The van der Waals surface area contributed by atoms with Crippen molar-refractivity contribution in [3.63, 3.8) is 0 Å². The van der Waals surface area contributed by atoms with E-state index in [2.05, 4.69) is 10.4 Å². The van der Waals surface area contributed by atoms with Crippen molar-refractivity contribution >= 4 is 11.6 Å². The molecule has 20 heavy (non-hydrogen) atoms. The number of carbonyl (C=O) groups excluding carboxylic acids is 1. The zero-order chi connectivity index (χ0) is 15.1. The van der Waals surface area contributed by atoms with Gasteiger partial charge < -0.3 is 14.8 Å². The molecular formula is C11H18N4O5. The highest BCUT2D eigenvalue weighted by atomic mass is 16.7. The van der Waals surface area contributed by atoms with Crippen LogP contribution in [0.15, 0.2) is 12.4 Å². The topological polar surface area (TPSA) is 109 Å². The average Bonchev–Trinajstić information content (AvgIpc) is 2.87. The predicted molar refractivity (Wildman–Crippen MR) is 68.9 cm³/mol. The van der Waals surface area contributed by atoms with Crippen LogP contribution in [0.25, 0.3) is 0 Å². The fraction of sp³-hybridized carbons (Fsp3) is 0.636. The maximum atomic E-state index is 11.8. The van der Waals surface area contributed by atoms with E-state index in [4.69, 9.17) is 9.47 Å². The number of nitrogens with zero attached hydrogens (tertiary/aromatic N) is 3. The van der Waals surface area contributed by atoms with Crippen LogP contribution in [0.2, 0.25) is 0 Å². The molecule has 9 heteroatoms. The molecule has 0 saturated carbocycles. The number of methoxy groups -OCH3 is 2. The van der Waals surface area contributed by atoms with Gasteiger partial charge in [0.15, 0.2) is 6.29 Å². The Morgan fingerprint density at radius 1 is 1.55 bits per heavy atom. The second-order valence-electron chi connectivity index (χ2n) is 4.08. The number of hydrogen-bond acceptors (Lipinski definition) is 6. The highest BCUT2D eigenvalue weighted by Gasteiger charge is 2.21. The van der Waals surface area contributed by atoms with E-state index < -0.39 is 11.2 Å². The van der Waals surface area contributed by atoms with E-state index >= 15 is 0 Å². The first kappa shape index (κ1) is 16.1. The van der Waals surface area contributed by atoms with Gasteiger partial charge in [0.2, 0.25) is 5.91 Å². The van der Waals surface area contributed by atoms with Crippen LogP contribution in [0, 0.1) is 10.1 Å². The number of hydrogen-bond donors (Lipinski definition) is 1. The van der Waals surface area contributed by atoms with Gasteiger partial charge in [0, 0.05) is 14.2 Å². The molecule has 0 radical (unpaired) electrons. The minimum Gasteiger partial charge on any atom is -0.354 e. The Hall–Kier alpha value is -2.00. The number of rotatable bonds is 8. The highest BCUT2D eigenvalue weighted by molar-refractivity contribution is 5.76. The molecule has 0 aromatic carbocycles. The molecule has 1 N–H and O–H groups in total. The van der Waals surface area contributed by atoms with Crippen molar-refractivity contribution in [3.8, 4) is 0 Å². The second kappa shape index (κ2) is 7.56. The summed E-state index contributed by atoms with van der Waals surface area (Å²) in [4.78, 5) is 21.8. The minimum atomic E-state index is -0.567. The molecule has 1 heterocycles. The van der Waals surface area contributed by atoms with E-state index in [-0.39, 0.29) is 24.2 Å². The van der Waals surface area contributed by atoms with Gasteiger partial charge in [-0.05, 0) is 6.42 Å². The van der Waals surface area contributed by atoms with Gasteiger partial charge in [-0.2, -0.15) is 5.10 Å². The van der Waals surface area contributed by atoms with Crippen molar-refractivity contribution in [1.29, 1.82) is 0 Å². The van der Waals surface area contributed by atoms with Gasteiger partial charge in [-0.15, -0.1) is 0 Å². The van der Waals surface area contributed by atoms with Crippen LogP contribution >= 0.6 is 0 Å². The Kier molecular flexibility index (Phi) is 6.07. The zero-order valence-corrected chi connectivity index (χ0v) is 11.6. The normalized spacial score (nSPS) is 12.4. The smallest absolute Gasteiger partial charge is 0.307 e. The summed E-state index contributed by atoms with van der Waals surface area (Å²) in [5.41, 5.74) is -0.156. The first-order valence-electron chi connectivity index (χ1n) is 6.03. The third kappa shape index (κ3) is 4.28. The van der Waals surface area contributed by atoms with Crippen molar-refractivity contribution in [3.05, 3.63) is 22.5 Å². The molecule has 0 aliphatic heterocycles. The largest absolute Gasteiger partial charge is 0.354 e. The van der Waals surface area contributed by atoms with Crippen molar-refractivity contribution in [1.82, 2.24) is 15.1 Å². The molecule has 0 fully saturated rings. The lowest BCUT2D eigenvalue weighted by atomic mass is 10.2. The standard InChI is InChI=1S/C11H18N4O5/c1-4-9(11(19-2)20-3)13-10(16)7-14-6-8(5-12-14)15(17)18/h5-6,9,11H,4,7H2,1-3H3,(H,13,16).